The van der Waals surface area contributed by atoms with Gasteiger partial charge in [0.05, 0.1) is 6.26 Å². The van der Waals surface area contributed by atoms with Crippen molar-refractivity contribution in [2.24, 2.45) is 0 Å². The van der Waals surface area contributed by atoms with Crippen LogP contribution in [-0.4, -0.2) is 50.3 Å². The summed E-state index contributed by atoms with van der Waals surface area (Å²) in [7, 11) is -3.58. The lowest BCUT2D eigenvalue weighted by atomic mass is 10.1. The minimum absolute atomic E-state index is 0.148. The summed E-state index contributed by atoms with van der Waals surface area (Å²) in [6.07, 6.45) is 4.10. The lowest BCUT2D eigenvalue weighted by molar-refractivity contribution is -0.130. The van der Waals surface area contributed by atoms with Crippen LogP contribution in [0.3, 0.4) is 0 Å². The van der Waals surface area contributed by atoms with Gasteiger partial charge in [0, 0.05) is 19.2 Å². The van der Waals surface area contributed by atoms with Crippen molar-refractivity contribution in [3.8, 4) is 0 Å². The molecular weight excluding hydrogens is 282 g/mol. The maximum Gasteiger partial charge on any atom is 0.243 e. The topological polar surface area (TPSA) is 83.7 Å². The molecule has 1 fully saturated rings. The van der Waals surface area contributed by atoms with Crippen LogP contribution in [0.25, 0.3) is 0 Å². The van der Waals surface area contributed by atoms with Gasteiger partial charge in [-0.3, -0.25) is 4.79 Å². The zero-order valence-electron chi connectivity index (χ0n) is 11.7. The highest BCUT2D eigenvalue weighted by molar-refractivity contribution is 7.92. The van der Waals surface area contributed by atoms with E-state index in [4.69, 9.17) is 4.52 Å². The summed E-state index contributed by atoms with van der Waals surface area (Å²) < 4.78 is 29.5. The molecule has 112 valence electrons. The van der Waals surface area contributed by atoms with Crippen molar-refractivity contribution < 1.29 is 17.7 Å². The van der Waals surface area contributed by atoms with Crippen molar-refractivity contribution in [3.63, 3.8) is 0 Å². The van der Waals surface area contributed by atoms with E-state index in [-0.39, 0.29) is 18.3 Å². The molecule has 0 radical (unpaired) electrons. The first kappa shape index (κ1) is 14.8. The number of hydrogen-bond acceptors (Lipinski definition) is 5. The Bertz CT molecular complexity index is 575. The Kier molecular flexibility index (Phi) is 4.32. The molecule has 0 bridgehead atoms. The van der Waals surface area contributed by atoms with Crippen LogP contribution in [0, 0.1) is 6.92 Å². The smallest absolute Gasteiger partial charge is 0.243 e. The number of sulfonamides is 1. The number of likely N-dealkylation sites (tertiary alicyclic amines) is 1. The second-order valence-corrected chi connectivity index (χ2v) is 6.91. The third-order valence-corrected chi connectivity index (χ3v) is 4.38. The van der Waals surface area contributed by atoms with E-state index < -0.39 is 10.0 Å². The lowest BCUT2D eigenvalue weighted by Gasteiger charge is -2.29. The first-order valence-corrected chi connectivity index (χ1v) is 8.41. The molecule has 1 aliphatic heterocycles. The Morgan fingerprint density at radius 2 is 2.05 bits per heavy atom. The number of rotatable bonds is 4. The van der Waals surface area contributed by atoms with Crippen LogP contribution in [0.2, 0.25) is 0 Å². The van der Waals surface area contributed by atoms with Crippen molar-refractivity contribution >= 4 is 21.7 Å². The highest BCUT2D eigenvalue weighted by atomic mass is 32.2. The van der Waals surface area contributed by atoms with Gasteiger partial charge in [0.15, 0.2) is 5.82 Å². The average molecular weight is 301 g/mol. The van der Waals surface area contributed by atoms with Gasteiger partial charge in [0.1, 0.15) is 12.3 Å². The molecule has 0 aromatic carbocycles. The number of nitrogens with zero attached hydrogens (tertiary/aromatic N) is 3. The minimum Gasteiger partial charge on any atom is -0.360 e. The molecule has 2 heterocycles. The standard InChI is InChI=1S/C12H19N3O4S/c1-10-8-11(13-19-10)15(20(2,17)18)9-12(16)14-6-4-3-5-7-14/h8H,3-7,9H2,1-2H3. The molecule has 0 saturated carbocycles. The van der Waals surface area contributed by atoms with E-state index in [0.29, 0.717) is 18.8 Å². The Balaban J connectivity index is 2.14. The van der Waals surface area contributed by atoms with Crippen LogP contribution in [-0.2, 0) is 14.8 Å². The van der Waals surface area contributed by atoms with Gasteiger partial charge in [-0.1, -0.05) is 5.16 Å². The van der Waals surface area contributed by atoms with Crippen LogP contribution in [0.5, 0.6) is 0 Å². The van der Waals surface area contributed by atoms with Crippen LogP contribution >= 0.6 is 0 Å². The molecule has 1 aliphatic rings. The molecule has 0 N–H and O–H groups in total. The van der Waals surface area contributed by atoms with Gasteiger partial charge in [-0.25, -0.2) is 12.7 Å². The fraction of sp³-hybridized carbons (Fsp3) is 0.667. The highest BCUT2D eigenvalue weighted by Gasteiger charge is 2.26. The summed E-state index contributed by atoms with van der Waals surface area (Å²) in [5.41, 5.74) is 0. The largest absolute Gasteiger partial charge is 0.360 e. The average Bonchev–Trinajstić information content (AvgIpc) is 2.81. The quantitative estimate of drug-likeness (QED) is 0.820. The number of amides is 1. The summed E-state index contributed by atoms with van der Waals surface area (Å²) in [4.78, 5) is 13.9. The van der Waals surface area contributed by atoms with Crippen molar-refractivity contribution in [3.05, 3.63) is 11.8 Å². The summed E-state index contributed by atoms with van der Waals surface area (Å²) in [5.74, 6) is 0.449. The van der Waals surface area contributed by atoms with Crippen molar-refractivity contribution in [1.82, 2.24) is 10.1 Å². The molecule has 1 saturated heterocycles. The maximum absolute atomic E-state index is 12.2. The van der Waals surface area contributed by atoms with Crippen molar-refractivity contribution in [2.75, 3.05) is 30.2 Å². The van der Waals surface area contributed by atoms with Gasteiger partial charge >= 0.3 is 0 Å². The molecule has 1 aromatic heterocycles. The van der Waals surface area contributed by atoms with E-state index in [1.807, 2.05) is 0 Å². The highest BCUT2D eigenvalue weighted by Crippen LogP contribution is 2.18. The van der Waals surface area contributed by atoms with E-state index in [9.17, 15) is 13.2 Å². The molecule has 2 rings (SSSR count). The number of carbonyl (C=O) groups is 1. The second kappa shape index (κ2) is 5.82. The van der Waals surface area contributed by atoms with Gasteiger partial charge in [0.2, 0.25) is 15.9 Å². The first-order chi connectivity index (χ1) is 9.38. The van der Waals surface area contributed by atoms with Gasteiger partial charge in [0.25, 0.3) is 0 Å². The Hall–Kier alpha value is -1.57. The maximum atomic E-state index is 12.2. The first-order valence-electron chi connectivity index (χ1n) is 6.57. The van der Waals surface area contributed by atoms with Crippen LogP contribution in [0.1, 0.15) is 25.0 Å². The number of aryl methyl sites for hydroxylation is 1. The summed E-state index contributed by atoms with van der Waals surface area (Å²) in [6.45, 7) is 2.82. The molecule has 0 atom stereocenters. The predicted octanol–water partition coefficient (Wildman–Crippen LogP) is 0.762. The van der Waals surface area contributed by atoms with E-state index in [1.54, 1.807) is 11.8 Å². The fourth-order valence-electron chi connectivity index (χ4n) is 2.21. The lowest BCUT2D eigenvalue weighted by Crippen LogP contribution is -2.44. The Morgan fingerprint density at radius 1 is 1.40 bits per heavy atom. The molecule has 20 heavy (non-hydrogen) atoms. The van der Waals surface area contributed by atoms with Gasteiger partial charge < -0.3 is 9.42 Å². The second-order valence-electron chi connectivity index (χ2n) is 5.01. The molecule has 7 nitrogen and oxygen atoms in total. The number of anilines is 1. The summed E-state index contributed by atoms with van der Waals surface area (Å²) in [5, 5.41) is 3.68. The van der Waals surface area contributed by atoms with E-state index >= 15 is 0 Å². The third-order valence-electron chi connectivity index (χ3n) is 3.26. The monoisotopic (exact) mass is 301 g/mol. The number of piperidine rings is 1. The fourth-order valence-corrected chi connectivity index (χ4v) is 2.98. The van der Waals surface area contributed by atoms with E-state index in [0.717, 1.165) is 29.8 Å². The summed E-state index contributed by atoms with van der Waals surface area (Å²) >= 11 is 0. The normalized spacial score (nSPS) is 16.2. The molecule has 1 aromatic rings. The molecule has 0 spiro atoms. The number of hydrogen-bond donors (Lipinski definition) is 0. The van der Waals surface area contributed by atoms with E-state index in [1.165, 1.54) is 6.07 Å². The number of carbonyl (C=O) groups excluding carboxylic acids is 1. The molecular formula is C12H19N3O4S. The van der Waals surface area contributed by atoms with Crippen LogP contribution in [0.15, 0.2) is 10.6 Å². The SMILES string of the molecule is Cc1cc(N(CC(=O)N2CCCCC2)S(C)(=O)=O)no1. The zero-order valence-corrected chi connectivity index (χ0v) is 12.5. The summed E-state index contributed by atoms with van der Waals surface area (Å²) in [6, 6.07) is 1.50. The molecule has 1 amide bonds. The Morgan fingerprint density at radius 3 is 2.55 bits per heavy atom. The molecule has 0 aliphatic carbocycles. The predicted molar refractivity (Wildman–Crippen MR) is 73.9 cm³/mol. The molecule has 8 heteroatoms. The van der Waals surface area contributed by atoms with E-state index in [2.05, 4.69) is 5.16 Å². The zero-order chi connectivity index (χ0) is 14.8. The van der Waals surface area contributed by atoms with Crippen molar-refractivity contribution in [2.45, 2.75) is 26.2 Å². The van der Waals surface area contributed by atoms with Gasteiger partial charge in [-0.2, -0.15) is 0 Å². The van der Waals surface area contributed by atoms with Gasteiger partial charge in [-0.05, 0) is 26.2 Å². The van der Waals surface area contributed by atoms with Crippen molar-refractivity contribution in [1.29, 1.82) is 0 Å². The van der Waals surface area contributed by atoms with Crippen LogP contribution in [0.4, 0.5) is 5.82 Å². The van der Waals surface area contributed by atoms with Crippen LogP contribution < -0.4 is 4.31 Å². The third kappa shape index (κ3) is 3.50. The molecule has 0 unspecified atom stereocenters. The van der Waals surface area contributed by atoms with Gasteiger partial charge in [-0.15, -0.1) is 0 Å². The Labute approximate surface area is 118 Å². The minimum atomic E-state index is -3.58. The number of aromatic nitrogens is 1.